The number of oxime groups is 1. The molecule has 0 fully saturated rings. The van der Waals surface area contributed by atoms with E-state index in [-0.39, 0.29) is 5.75 Å². The van der Waals surface area contributed by atoms with Crippen LogP contribution in [0.5, 0.6) is 5.75 Å². The third kappa shape index (κ3) is 1.63. The number of aromatic hydroxyl groups is 1. The van der Waals surface area contributed by atoms with Crippen LogP contribution in [-0.4, -0.2) is 16.5 Å². The van der Waals surface area contributed by atoms with Crippen molar-refractivity contribution in [2.75, 3.05) is 0 Å². The van der Waals surface area contributed by atoms with Crippen molar-refractivity contribution in [3.8, 4) is 5.75 Å². The molecule has 0 amide bonds. The summed E-state index contributed by atoms with van der Waals surface area (Å²) < 4.78 is 0. The van der Waals surface area contributed by atoms with Gasteiger partial charge in [0.15, 0.2) is 0 Å². The fraction of sp³-hybridized carbons (Fsp3) is 0. The Bertz CT molecular complexity index is 318. The van der Waals surface area contributed by atoms with Crippen LogP contribution in [0.2, 0.25) is 0 Å². The zero-order chi connectivity index (χ0) is 8.97. The maximum absolute atomic E-state index is 9.30. The van der Waals surface area contributed by atoms with Gasteiger partial charge in [-0.3, -0.25) is 0 Å². The molecular weight excluding hydrogens is 154 g/mol. The lowest BCUT2D eigenvalue weighted by Crippen LogP contribution is -1.82. The molecule has 0 saturated heterocycles. The molecule has 1 rings (SSSR count). The molecule has 0 unspecified atom stereocenters. The average Bonchev–Trinajstić information content (AvgIpc) is 2.09. The van der Waals surface area contributed by atoms with Gasteiger partial charge in [-0.25, -0.2) is 0 Å². The van der Waals surface area contributed by atoms with Crippen molar-refractivity contribution in [3.05, 3.63) is 35.9 Å². The van der Waals surface area contributed by atoms with E-state index in [4.69, 9.17) is 5.21 Å². The van der Waals surface area contributed by atoms with Gasteiger partial charge in [-0.1, -0.05) is 23.9 Å². The molecule has 2 N–H and O–H groups in total. The lowest BCUT2D eigenvalue weighted by atomic mass is 10.1. The van der Waals surface area contributed by atoms with Crippen molar-refractivity contribution in [3.63, 3.8) is 0 Å². The molecule has 0 spiro atoms. The standard InChI is InChI=1S/C9H9NO2/c1-2-7-3-4-8(6-10-12)9(11)5-7/h2-6,11-12H,1H2. The summed E-state index contributed by atoms with van der Waals surface area (Å²) in [6.45, 7) is 3.55. The lowest BCUT2D eigenvalue weighted by Gasteiger charge is -1.98. The summed E-state index contributed by atoms with van der Waals surface area (Å²) in [6, 6.07) is 4.96. The van der Waals surface area contributed by atoms with Gasteiger partial charge in [0.05, 0.1) is 6.21 Å². The highest BCUT2D eigenvalue weighted by Crippen LogP contribution is 2.17. The Morgan fingerprint density at radius 2 is 2.17 bits per heavy atom. The quantitative estimate of drug-likeness (QED) is 0.397. The van der Waals surface area contributed by atoms with E-state index in [9.17, 15) is 5.11 Å². The third-order valence-corrected chi connectivity index (χ3v) is 1.49. The highest BCUT2D eigenvalue weighted by molar-refractivity contribution is 5.83. The van der Waals surface area contributed by atoms with Crippen LogP contribution in [0, 0.1) is 0 Å². The van der Waals surface area contributed by atoms with Gasteiger partial charge in [-0.05, 0) is 17.7 Å². The zero-order valence-electron chi connectivity index (χ0n) is 6.44. The van der Waals surface area contributed by atoms with Crippen LogP contribution < -0.4 is 0 Å². The first-order chi connectivity index (χ1) is 5.77. The van der Waals surface area contributed by atoms with Crippen molar-refractivity contribution in [2.45, 2.75) is 0 Å². The van der Waals surface area contributed by atoms with Gasteiger partial charge in [0.1, 0.15) is 5.75 Å². The van der Waals surface area contributed by atoms with Crippen LogP contribution in [0.4, 0.5) is 0 Å². The van der Waals surface area contributed by atoms with E-state index in [2.05, 4.69) is 11.7 Å². The van der Waals surface area contributed by atoms with Crippen molar-refractivity contribution < 1.29 is 10.3 Å². The normalized spacial score (nSPS) is 10.3. The Hall–Kier alpha value is -1.77. The van der Waals surface area contributed by atoms with E-state index in [1.54, 1.807) is 24.3 Å². The second-order valence-electron chi connectivity index (χ2n) is 2.27. The Kier molecular flexibility index (Phi) is 2.48. The molecule has 12 heavy (non-hydrogen) atoms. The summed E-state index contributed by atoms with van der Waals surface area (Å²) in [5, 5.41) is 20.3. The molecule has 0 aliphatic heterocycles. The maximum Gasteiger partial charge on any atom is 0.125 e. The van der Waals surface area contributed by atoms with Crippen LogP contribution in [0.3, 0.4) is 0 Å². The van der Waals surface area contributed by atoms with Crippen LogP contribution in [0.1, 0.15) is 11.1 Å². The fourth-order valence-corrected chi connectivity index (χ4v) is 0.859. The first kappa shape index (κ1) is 8.33. The molecule has 0 aliphatic carbocycles. The molecule has 0 aromatic heterocycles. The summed E-state index contributed by atoms with van der Waals surface area (Å²) in [5.74, 6) is 0.0743. The van der Waals surface area contributed by atoms with Gasteiger partial charge >= 0.3 is 0 Å². The monoisotopic (exact) mass is 163 g/mol. The van der Waals surface area contributed by atoms with E-state index in [0.717, 1.165) is 5.56 Å². The second-order valence-corrected chi connectivity index (χ2v) is 2.27. The number of phenolic OH excluding ortho intramolecular Hbond substituents is 1. The summed E-state index contributed by atoms with van der Waals surface area (Å²) in [5.41, 5.74) is 1.30. The SMILES string of the molecule is C=Cc1ccc(C=NO)c(O)c1. The summed E-state index contributed by atoms with van der Waals surface area (Å²) >= 11 is 0. The minimum atomic E-state index is 0.0743. The molecule has 3 nitrogen and oxygen atoms in total. The van der Waals surface area contributed by atoms with E-state index in [1.165, 1.54) is 6.21 Å². The number of hydrogen-bond donors (Lipinski definition) is 2. The van der Waals surface area contributed by atoms with Crippen LogP contribution >= 0.6 is 0 Å². The van der Waals surface area contributed by atoms with E-state index < -0.39 is 0 Å². The van der Waals surface area contributed by atoms with Crippen molar-refractivity contribution >= 4 is 12.3 Å². The zero-order valence-corrected chi connectivity index (χ0v) is 6.44. The third-order valence-electron chi connectivity index (χ3n) is 1.49. The first-order valence-corrected chi connectivity index (χ1v) is 3.41. The van der Waals surface area contributed by atoms with Gasteiger partial charge in [0.2, 0.25) is 0 Å². The molecule has 0 saturated carbocycles. The van der Waals surface area contributed by atoms with Gasteiger partial charge in [0.25, 0.3) is 0 Å². The highest BCUT2D eigenvalue weighted by Gasteiger charge is 1.97. The van der Waals surface area contributed by atoms with Crippen molar-refractivity contribution in [1.82, 2.24) is 0 Å². The molecule has 0 radical (unpaired) electrons. The molecule has 3 heteroatoms. The molecule has 0 aliphatic rings. The van der Waals surface area contributed by atoms with Gasteiger partial charge in [-0.15, -0.1) is 0 Å². The van der Waals surface area contributed by atoms with Crippen LogP contribution in [0.25, 0.3) is 6.08 Å². The molecular formula is C9H9NO2. The smallest absolute Gasteiger partial charge is 0.125 e. The maximum atomic E-state index is 9.30. The van der Waals surface area contributed by atoms with Crippen molar-refractivity contribution in [2.24, 2.45) is 5.16 Å². The summed E-state index contributed by atoms with van der Waals surface area (Å²) in [7, 11) is 0. The highest BCUT2D eigenvalue weighted by atomic mass is 16.4. The summed E-state index contributed by atoms with van der Waals surface area (Å²) in [4.78, 5) is 0. The Balaban J connectivity index is 3.11. The number of nitrogens with zero attached hydrogens (tertiary/aromatic N) is 1. The molecule has 62 valence electrons. The van der Waals surface area contributed by atoms with E-state index in [1.807, 2.05) is 0 Å². The Morgan fingerprint density at radius 1 is 1.42 bits per heavy atom. The number of phenols is 1. The predicted molar refractivity (Wildman–Crippen MR) is 47.6 cm³/mol. The number of rotatable bonds is 2. The van der Waals surface area contributed by atoms with Gasteiger partial charge in [-0.2, -0.15) is 0 Å². The Morgan fingerprint density at radius 3 is 2.67 bits per heavy atom. The molecule has 0 bridgehead atoms. The Labute approximate surface area is 70.3 Å². The topological polar surface area (TPSA) is 52.8 Å². The number of hydrogen-bond acceptors (Lipinski definition) is 3. The van der Waals surface area contributed by atoms with E-state index in [0.29, 0.717) is 5.56 Å². The van der Waals surface area contributed by atoms with E-state index >= 15 is 0 Å². The average molecular weight is 163 g/mol. The predicted octanol–water partition coefficient (Wildman–Crippen LogP) is 1.84. The number of benzene rings is 1. The lowest BCUT2D eigenvalue weighted by molar-refractivity contribution is 0.321. The molecule has 0 heterocycles. The van der Waals surface area contributed by atoms with Gasteiger partial charge < -0.3 is 10.3 Å². The van der Waals surface area contributed by atoms with Crippen molar-refractivity contribution in [1.29, 1.82) is 0 Å². The minimum Gasteiger partial charge on any atom is -0.507 e. The largest absolute Gasteiger partial charge is 0.507 e. The first-order valence-electron chi connectivity index (χ1n) is 3.41. The fourth-order valence-electron chi connectivity index (χ4n) is 0.859. The summed E-state index contributed by atoms with van der Waals surface area (Å²) in [6.07, 6.45) is 2.79. The molecule has 1 aromatic carbocycles. The molecule has 1 aromatic rings. The molecule has 0 atom stereocenters. The van der Waals surface area contributed by atoms with Crippen LogP contribution in [-0.2, 0) is 0 Å². The van der Waals surface area contributed by atoms with Crippen LogP contribution in [0.15, 0.2) is 29.9 Å². The van der Waals surface area contributed by atoms with Gasteiger partial charge in [0, 0.05) is 5.56 Å². The second kappa shape index (κ2) is 3.57. The minimum absolute atomic E-state index is 0.0743.